The first kappa shape index (κ1) is 16.9. The van der Waals surface area contributed by atoms with Crippen LogP contribution in [-0.2, 0) is 14.8 Å². The fraction of sp³-hybridized carbons (Fsp3) is 0.429. The van der Waals surface area contributed by atoms with Gasteiger partial charge in [0, 0.05) is 24.5 Å². The lowest BCUT2D eigenvalue weighted by Gasteiger charge is -2.14. The molecule has 1 aromatic rings. The average Bonchev–Trinajstić information content (AvgIpc) is 3.28. The number of ether oxygens (including phenoxy) is 1. The van der Waals surface area contributed by atoms with E-state index in [1.807, 2.05) is 6.07 Å². The van der Waals surface area contributed by atoms with E-state index < -0.39 is 22.1 Å². The molecule has 0 aromatic heterocycles. The standard InChI is InChI=1S/C14H15BrN2O4S/c1-17(2)22(19,20)13-6-5-10(7-11(13)15)14(18)21-12(8-16)9-3-4-9/h5-7,9,12H,3-4H2,1-2H3/t12-/m0/s1. The second kappa shape index (κ2) is 6.36. The van der Waals surface area contributed by atoms with E-state index in [4.69, 9.17) is 10.00 Å². The summed E-state index contributed by atoms with van der Waals surface area (Å²) in [5.74, 6) is -0.515. The molecule has 6 nitrogen and oxygen atoms in total. The molecule has 1 aliphatic carbocycles. The van der Waals surface area contributed by atoms with Gasteiger partial charge in [-0.25, -0.2) is 17.5 Å². The third-order valence-electron chi connectivity index (χ3n) is 3.34. The second-order valence-corrected chi connectivity index (χ2v) is 8.20. The van der Waals surface area contributed by atoms with Crippen LogP contribution in [0.2, 0.25) is 0 Å². The minimum absolute atomic E-state index is 0.0630. The van der Waals surface area contributed by atoms with Crippen molar-refractivity contribution in [1.82, 2.24) is 4.31 Å². The van der Waals surface area contributed by atoms with Crippen LogP contribution < -0.4 is 0 Å². The molecule has 2 rings (SSSR count). The van der Waals surface area contributed by atoms with Gasteiger partial charge in [-0.3, -0.25) is 0 Å². The maximum atomic E-state index is 12.1. The summed E-state index contributed by atoms with van der Waals surface area (Å²) < 4.78 is 30.7. The molecule has 1 atom stereocenters. The number of nitriles is 1. The number of rotatable bonds is 5. The lowest BCUT2D eigenvalue weighted by molar-refractivity contribution is 0.0369. The Hall–Kier alpha value is -1.43. The molecule has 1 aliphatic rings. The van der Waals surface area contributed by atoms with Gasteiger partial charge in [0.2, 0.25) is 10.0 Å². The third kappa shape index (κ3) is 3.48. The minimum atomic E-state index is -3.60. The van der Waals surface area contributed by atoms with Gasteiger partial charge >= 0.3 is 5.97 Å². The lowest BCUT2D eigenvalue weighted by atomic mass is 10.2. The molecule has 1 fully saturated rings. The van der Waals surface area contributed by atoms with Crippen molar-refractivity contribution in [3.8, 4) is 6.07 Å². The summed E-state index contributed by atoms with van der Waals surface area (Å²) in [5, 5.41) is 8.98. The predicted molar refractivity (Wildman–Crippen MR) is 82.6 cm³/mol. The molecule has 8 heteroatoms. The van der Waals surface area contributed by atoms with E-state index in [9.17, 15) is 13.2 Å². The van der Waals surface area contributed by atoms with Crippen LogP contribution in [0.25, 0.3) is 0 Å². The number of esters is 1. The third-order valence-corrected chi connectivity index (χ3v) is 6.13. The van der Waals surface area contributed by atoms with E-state index in [1.54, 1.807) is 0 Å². The zero-order valence-electron chi connectivity index (χ0n) is 12.1. The SMILES string of the molecule is CN(C)S(=O)(=O)c1ccc(C(=O)O[C@@H](C#N)C2CC2)cc1Br. The van der Waals surface area contributed by atoms with Crippen LogP contribution in [-0.4, -0.2) is 38.9 Å². The van der Waals surface area contributed by atoms with Gasteiger partial charge in [0.15, 0.2) is 6.10 Å². The Kier molecular flexibility index (Phi) is 4.90. The summed E-state index contributed by atoms with van der Waals surface area (Å²) in [6, 6.07) is 6.08. The molecule has 0 unspecified atom stereocenters. The Balaban J connectivity index is 2.22. The van der Waals surface area contributed by atoms with E-state index in [-0.39, 0.29) is 20.8 Å². The highest BCUT2D eigenvalue weighted by Gasteiger charge is 2.34. The summed E-state index contributed by atoms with van der Waals surface area (Å²) in [6.07, 6.45) is 1.03. The van der Waals surface area contributed by atoms with Crippen molar-refractivity contribution in [3.63, 3.8) is 0 Å². The Morgan fingerprint density at radius 2 is 2.09 bits per heavy atom. The van der Waals surface area contributed by atoms with Gasteiger partial charge in [0.05, 0.1) is 10.5 Å². The molecule has 1 saturated carbocycles. The zero-order chi connectivity index (χ0) is 16.5. The summed E-state index contributed by atoms with van der Waals surface area (Å²) in [6.45, 7) is 0. The van der Waals surface area contributed by atoms with Crippen LogP contribution in [0, 0.1) is 17.2 Å². The number of carbonyl (C=O) groups excluding carboxylic acids is 1. The van der Waals surface area contributed by atoms with Gasteiger partial charge in [0.25, 0.3) is 0 Å². The van der Waals surface area contributed by atoms with Crippen LogP contribution in [0.5, 0.6) is 0 Å². The van der Waals surface area contributed by atoms with Crippen LogP contribution in [0.3, 0.4) is 0 Å². The first-order valence-corrected chi connectivity index (χ1v) is 8.83. The second-order valence-electron chi connectivity index (χ2n) is 5.23. The first-order valence-electron chi connectivity index (χ1n) is 6.60. The smallest absolute Gasteiger partial charge is 0.339 e. The Morgan fingerprint density at radius 3 is 2.55 bits per heavy atom. The van der Waals surface area contributed by atoms with E-state index in [1.165, 1.54) is 32.3 Å². The molecule has 1 aromatic carbocycles. The maximum Gasteiger partial charge on any atom is 0.339 e. The fourth-order valence-electron chi connectivity index (χ4n) is 1.84. The van der Waals surface area contributed by atoms with Gasteiger partial charge in [-0.05, 0) is 47.0 Å². The minimum Gasteiger partial charge on any atom is -0.443 e. The predicted octanol–water partition coefficient (Wildman–Crippen LogP) is 2.16. The highest BCUT2D eigenvalue weighted by molar-refractivity contribution is 9.10. The molecule has 0 heterocycles. The molecular formula is C14H15BrN2O4S. The molecule has 0 radical (unpaired) electrons. The quantitative estimate of drug-likeness (QED) is 0.723. The Morgan fingerprint density at radius 1 is 1.45 bits per heavy atom. The van der Waals surface area contributed by atoms with Crippen molar-refractivity contribution in [1.29, 1.82) is 5.26 Å². The number of halogens is 1. The number of nitrogens with zero attached hydrogens (tertiary/aromatic N) is 2. The van der Waals surface area contributed by atoms with Crippen LogP contribution in [0.4, 0.5) is 0 Å². The topological polar surface area (TPSA) is 87.5 Å². The first-order chi connectivity index (χ1) is 10.3. The van der Waals surface area contributed by atoms with Crippen molar-refractivity contribution >= 4 is 31.9 Å². The largest absolute Gasteiger partial charge is 0.443 e. The van der Waals surface area contributed by atoms with Gasteiger partial charge in [-0.1, -0.05) is 0 Å². The van der Waals surface area contributed by atoms with E-state index in [2.05, 4.69) is 15.9 Å². The number of hydrogen-bond acceptors (Lipinski definition) is 5. The van der Waals surface area contributed by atoms with Crippen molar-refractivity contribution in [2.75, 3.05) is 14.1 Å². The molecule has 22 heavy (non-hydrogen) atoms. The van der Waals surface area contributed by atoms with Crippen molar-refractivity contribution < 1.29 is 17.9 Å². The fourth-order valence-corrected chi connectivity index (χ4v) is 3.78. The molecular weight excluding hydrogens is 372 g/mol. The molecule has 0 amide bonds. The number of sulfonamides is 1. The van der Waals surface area contributed by atoms with Gasteiger partial charge in [0.1, 0.15) is 6.07 Å². The van der Waals surface area contributed by atoms with Crippen LogP contribution in [0.15, 0.2) is 27.6 Å². The average molecular weight is 387 g/mol. The van der Waals surface area contributed by atoms with E-state index in [0.29, 0.717) is 0 Å². The summed E-state index contributed by atoms with van der Waals surface area (Å²) >= 11 is 3.17. The van der Waals surface area contributed by atoms with Crippen molar-refractivity contribution in [3.05, 3.63) is 28.2 Å². The number of carbonyl (C=O) groups is 1. The Bertz CT molecular complexity index is 736. The van der Waals surface area contributed by atoms with Gasteiger partial charge < -0.3 is 4.74 Å². The van der Waals surface area contributed by atoms with Crippen molar-refractivity contribution in [2.45, 2.75) is 23.8 Å². The van der Waals surface area contributed by atoms with E-state index in [0.717, 1.165) is 17.1 Å². The van der Waals surface area contributed by atoms with E-state index >= 15 is 0 Å². The Labute approximate surface area is 137 Å². The normalized spacial score (nSPS) is 16.1. The molecule has 118 valence electrons. The number of hydrogen-bond donors (Lipinski definition) is 0. The molecule has 0 N–H and O–H groups in total. The van der Waals surface area contributed by atoms with Crippen molar-refractivity contribution in [2.24, 2.45) is 5.92 Å². The molecule has 0 bridgehead atoms. The zero-order valence-corrected chi connectivity index (χ0v) is 14.5. The monoisotopic (exact) mass is 386 g/mol. The maximum absolute atomic E-state index is 12.1. The van der Waals surface area contributed by atoms with Gasteiger partial charge in [-0.15, -0.1) is 0 Å². The highest BCUT2D eigenvalue weighted by atomic mass is 79.9. The highest BCUT2D eigenvalue weighted by Crippen LogP contribution is 2.34. The van der Waals surface area contributed by atoms with Crippen LogP contribution in [0.1, 0.15) is 23.2 Å². The van der Waals surface area contributed by atoms with Crippen LogP contribution >= 0.6 is 15.9 Å². The van der Waals surface area contributed by atoms with Gasteiger partial charge in [-0.2, -0.15) is 5.26 Å². The number of benzene rings is 1. The molecule has 0 aliphatic heterocycles. The summed E-state index contributed by atoms with van der Waals surface area (Å²) in [4.78, 5) is 12.1. The molecule has 0 spiro atoms. The summed E-state index contributed by atoms with van der Waals surface area (Å²) in [7, 11) is -0.744. The molecule has 0 saturated heterocycles. The lowest BCUT2D eigenvalue weighted by Crippen LogP contribution is -2.23. The summed E-state index contributed by atoms with van der Waals surface area (Å²) in [5.41, 5.74) is 0.200.